The van der Waals surface area contributed by atoms with E-state index in [-0.39, 0.29) is 0 Å². The summed E-state index contributed by atoms with van der Waals surface area (Å²) in [5.74, 6) is 3.63. The monoisotopic (exact) mass is 183 g/mol. The van der Waals surface area contributed by atoms with E-state index in [0.29, 0.717) is 0 Å². The molecule has 1 fully saturated rings. The van der Waals surface area contributed by atoms with Crippen LogP contribution in [0, 0.1) is 23.7 Å². The topological polar surface area (TPSA) is 12.0 Å². The maximum Gasteiger partial charge on any atom is -0.00204 e. The van der Waals surface area contributed by atoms with Crippen molar-refractivity contribution >= 4 is 0 Å². The van der Waals surface area contributed by atoms with Crippen LogP contribution in [-0.2, 0) is 0 Å². The third-order valence-electron chi connectivity index (χ3n) is 4.07. The zero-order valence-electron chi connectivity index (χ0n) is 9.64. The highest BCUT2D eigenvalue weighted by molar-refractivity contribution is 4.80. The fraction of sp³-hybridized carbons (Fsp3) is 1.00. The van der Waals surface area contributed by atoms with Crippen molar-refractivity contribution in [2.45, 2.75) is 40.5 Å². The van der Waals surface area contributed by atoms with Gasteiger partial charge in [0.05, 0.1) is 0 Å². The van der Waals surface area contributed by atoms with Crippen LogP contribution in [0.3, 0.4) is 0 Å². The highest BCUT2D eigenvalue weighted by Crippen LogP contribution is 2.32. The standard InChI is InChI=1S/C12H25N/c1-5-9(2)11(4)12-6-7-13-8-10(12)3/h9-13H,5-8H2,1-4H3. The lowest BCUT2D eigenvalue weighted by molar-refractivity contribution is 0.152. The van der Waals surface area contributed by atoms with Gasteiger partial charge in [0.1, 0.15) is 0 Å². The van der Waals surface area contributed by atoms with Gasteiger partial charge >= 0.3 is 0 Å². The highest BCUT2D eigenvalue weighted by atomic mass is 14.9. The maximum absolute atomic E-state index is 3.48. The molecule has 1 aliphatic heterocycles. The van der Waals surface area contributed by atoms with Gasteiger partial charge in [-0.2, -0.15) is 0 Å². The van der Waals surface area contributed by atoms with Crippen molar-refractivity contribution in [3.05, 3.63) is 0 Å². The minimum Gasteiger partial charge on any atom is -0.316 e. The Morgan fingerprint density at radius 3 is 2.62 bits per heavy atom. The van der Waals surface area contributed by atoms with E-state index in [1.165, 1.54) is 25.9 Å². The van der Waals surface area contributed by atoms with Crippen LogP contribution in [0.2, 0.25) is 0 Å². The highest BCUT2D eigenvalue weighted by Gasteiger charge is 2.28. The van der Waals surface area contributed by atoms with Crippen molar-refractivity contribution in [3.63, 3.8) is 0 Å². The van der Waals surface area contributed by atoms with E-state index in [1.54, 1.807) is 0 Å². The fourth-order valence-corrected chi connectivity index (χ4v) is 2.61. The summed E-state index contributed by atoms with van der Waals surface area (Å²) in [6.45, 7) is 12.0. The molecule has 1 saturated heterocycles. The van der Waals surface area contributed by atoms with Gasteiger partial charge in [0, 0.05) is 0 Å². The molecular weight excluding hydrogens is 158 g/mol. The number of piperidine rings is 1. The van der Waals surface area contributed by atoms with E-state index in [2.05, 4.69) is 33.0 Å². The van der Waals surface area contributed by atoms with E-state index >= 15 is 0 Å². The second-order valence-corrected chi connectivity index (χ2v) is 4.88. The van der Waals surface area contributed by atoms with Crippen LogP contribution in [0.4, 0.5) is 0 Å². The van der Waals surface area contributed by atoms with Gasteiger partial charge in [0.15, 0.2) is 0 Å². The van der Waals surface area contributed by atoms with Crippen molar-refractivity contribution < 1.29 is 0 Å². The molecule has 4 unspecified atom stereocenters. The Kier molecular flexibility index (Phi) is 4.24. The van der Waals surface area contributed by atoms with Gasteiger partial charge < -0.3 is 5.32 Å². The first-order chi connectivity index (χ1) is 6.16. The molecule has 0 radical (unpaired) electrons. The zero-order chi connectivity index (χ0) is 9.84. The van der Waals surface area contributed by atoms with Crippen LogP contribution in [0.5, 0.6) is 0 Å². The predicted octanol–water partition coefficient (Wildman–Crippen LogP) is 2.91. The lowest BCUT2D eigenvalue weighted by atomic mass is 9.73. The molecule has 0 bridgehead atoms. The first-order valence-corrected chi connectivity index (χ1v) is 5.87. The summed E-state index contributed by atoms with van der Waals surface area (Å²) >= 11 is 0. The van der Waals surface area contributed by atoms with E-state index in [1.807, 2.05) is 0 Å². The maximum atomic E-state index is 3.48. The summed E-state index contributed by atoms with van der Waals surface area (Å²) in [5, 5.41) is 3.48. The largest absolute Gasteiger partial charge is 0.316 e. The van der Waals surface area contributed by atoms with Crippen LogP contribution in [0.25, 0.3) is 0 Å². The average Bonchev–Trinajstić information content (AvgIpc) is 2.16. The molecule has 1 nitrogen and oxygen atoms in total. The average molecular weight is 183 g/mol. The summed E-state index contributed by atoms with van der Waals surface area (Å²) in [7, 11) is 0. The van der Waals surface area contributed by atoms with Gasteiger partial charge in [0.2, 0.25) is 0 Å². The molecule has 0 aliphatic carbocycles. The zero-order valence-corrected chi connectivity index (χ0v) is 9.64. The van der Waals surface area contributed by atoms with Crippen molar-refractivity contribution in [1.82, 2.24) is 5.32 Å². The Hall–Kier alpha value is -0.0400. The van der Waals surface area contributed by atoms with Gasteiger partial charge in [-0.15, -0.1) is 0 Å². The quantitative estimate of drug-likeness (QED) is 0.709. The van der Waals surface area contributed by atoms with E-state index < -0.39 is 0 Å². The van der Waals surface area contributed by atoms with Crippen LogP contribution in [-0.4, -0.2) is 13.1 Å². The fourth-order valence-electron chi connectivity index (χ4n) is 2.61. The van der Waals surface area contributed by atoms with Crippen LogP contribution < -0.4 is 5.32 Å². The molecule has 0 saturated carbocycles. The van der Waals surface area contributed by atoms with Crippen LogP contribution in [0.15, 0.2) is 0 Å². The van der Waals surface area contributed by atoms with Crippen LogP contribution in [0.1, 0.15) is 40.5 Å². The smallest absolute Gasteiger partial charge is 0.00204 e. The van der Waals surface area contributed by atoms with Crippen molar-refractivity contribution in [3.8, 4) is 0 Å². The lowest BCUT2D eigenvalue weighted by Crippen LogP contribution is -2.39. The molecule has 0 amide bonds. The Balaban J connectivity index is 2.47. The Bertz CT molecular complexity index is 144. The minimum absolute atomic E-state index is 0.873. The Morgan fingerprint density at radius 2 is 2.08 bits per heavy atom. The van der Waals surface area contributed by atoms with E-state index in [9.17, 15) is 0 Å². The molecule has 0 aromatic rings. The van der Waals surface area contributed by atoms with Gasteiger partial charge in [-0.1, -0.05) is 34.1 Å². The SMILES string of the molecule is CCC(C)C(C)C1CCNCC1C. The summed E-state index contributed by atoms with van der Waals surface area (Å²) in [6, 6.07) is 0. The molecule has 1 heteroatoms. The molecule has 1 aliphatic rings. The lowest BCUT2D eigenvalue weighted by Gasteiger charge is -2.36. The Morgan fingerprint density at radius 1 is 1.38 bits per heavy atom. The van der Waals surface area contributed by atoms with Crippen molar-refractivity contribution in [2.24, 2.45) is 23.7 Å². The number of rotatable bonds is 3. The predicted molar refractivity (Wildman–Crippen MR) is 58.8 cm³/mol. The molecule has 78 valence electrons. The van der Waals surface area contributed by atoms with Gasteiger partial charge in [0.25, 0.3) is 0 Å². The first-order valence-electron chi connectivity index (χ1n) is 5.87. The molecule has 13 heavy (non-hydrogen) atoms. The third-order valence-corrected chi connectivity index (χ3v) is 4.07. The van der Waals surface area contributed by atoms with Gasteiger partial charge in [-0.25, -0.2) is 0 Å². The van der Waals surface area contributed by atoms with Crippen molar-refractivity contribution in [2.75, 3.05) is 13.1 Å². The minimum atomic E-state index is 0.873. The third kappa shape index (κ3) is 2.70. The number of hydrogen-bond donors (Lipinski definition) is 1. The summed E-state index contributed by atoms with van der Waals surface area (Å²) < 4.78 is 0. The number of hydrogen-bond acceptors (Lipinski definition) is 1. The van der Waals surface area contributed by atoms with E-state index in [4.69, 9.17) is 0 Å². The molecule has 1 heterocycles. The number of nitrogens with one attached hydrogen (secondary N) is 1. The molecule has 0 spiro atoms. The molecule has 0 aromatic heterocycles. The van der Waals surface area contributed by atoms with Crippen molar-refractivity contribution in [1.29, 1.82) is 0 Å². The van der Waals surface area contributed by atoms with Crippen LogP contribution >= 0.6 is 0 Å². The Labute approximate surface area is 83.3 Å². The summed E-state index contributed by atoms with van der Waals surface area (Å²) in [5.41, 5.74) is 0. The van der Waals surface area contributed by atoms with E-state index in [0.717, 1.165) is 23.7 Å². The molecule has 4 atom stereocenters. The molecular formula is C12H25N. The first kappa shape index (κ1) is 11.0. The normalized spacial score (nSPS) is 34.2. The second kappa shape index (κ2) is 4.99. The molecule has 0 aromatic carbocycles. The molecule has 1 N–H and O–H groups in total. The summed E-state index contributed by atoms with van der Waals surface area (Å²) in [4.78, 5) is 0. The molecule has 1 rings (SSSR count). The van der Waals surface area contributed by atoms with Gasteiger partial charge in [-0.3, -0.25) is 0 Å². The summed E-state index contributed by atoms with van der Waals surface area (Å²) in [6.07, 6.45) is 2.71. The second-order valence-electron chi connectivity index (χ2n) is 4.88. The van der Waals surface area contributed by atoms with Gasteiger partial charge in [-0.05, 0) is 43.2 Å².